The summed E-state index contributed by atoms with van der Waals surface area (Å²) >= 11 is 0. The quantitative estimate of drug-likeness (QED) is 0.659. The largest absolute Gasteiger partial charge is 0.350 e. The van der Waals surface area contributed by atoms with Crippen LogP contribution in [-0.4, -0.2) is 30.6 Å². The van der Waals surface area contributed by atoms with Crippen LogP contribution in [-0.2, 0) is 4.79 Å². The van der Waals surface area contributed by atoms with Crippen molar-refractivity contribution in [3.05, 3.63) is 0 Å². The van der Waals surface area contributed by atoms with Crippen molar-refractivity contribution in [3.8, 4) is 0 Å². The second-order valence-corrected chi connectivity index (χ2v) is 5.24. The molecule has 0 aromatic rings. The van der Waals surface area contributed by atoms with Crippen molar-refractivity contribution in [2.75, 3.05) is 6.54 Å². The zero-order valence-corrected chi connectivity index (χ0v) is 10.6. The number of rotatable bonds is 4. The molecule has 4 N–H and O–H groups in total. The Morgan fingerprint density at radius 3 is 2.81 bits per heavy atom. The molecule has 1 amide bonds. The normalized spacial score (nSPS) is 27.8. The predicted molar refractivity (Wildman–Crippen MR) is 66.1 cm³/mol. The molecule has 1 rings (SSSR count). The number of hydrogen-bond acceptors (Lipinski definition) is 3. The minimum Gasteiger partial charge on any atom is -0.350 e. The molecular weight excluding hydrogens is 202 g/mol. The Morgan fingerprint density at radius 2 is 2.25 bits per heavy atom. The lowest BCUT2D eigenvalue weighted by Gasteiger charge is -2.31. The highest BCUT2D eigenvalue weighted by Crippen LogP contribution is 2.09. The molecule has 0 spiro atoms. The van der Waals surface area contributed by atoms with Crippen molar-refractivity contribution in [1.82, 2.24) is 10.6 Å². The Balaban J connectivity index is 2.37. The van der Waals surface area contributed by atoms with Gasteiger partial charge in [0.15, 0.2) is 0 Å². The van der Waals surface area contributed by atoms with Gasteiger partial charge in [0.25, 0.3) is 0 Å². The first-order valence-electron chi connectivity index (χ1n) is 6.30. The number of carbonyl (C=O) groups is 1. The standard InChI is InChI=1S/C12H25N3O/c1-8(2)7-10(13)12(16)15-11-5-4-6-14-9(11)3/h8-11,14H,4-7,13H2,1-3H3,(H,15,16)/t9?,10-,11?/m0/s1. The minimum absolute atomic E-state index is 0.00532. The smallest absolute Gasteiger partial charge is 0.237 e. The van der Waals surface area contributed by atoms with Crippen LogP contribution in [0, 0.1) is 5.92 Å². The first-order valence-corrected chi connectivity index (χ1v) is 6.30. The van der Waals surface area contributed by atoms with Gasteiger partial charge in [-0.15, -0.1) is 0 Å². The lowest BCUT2D eigenvalue weighted by molar-refractivity contribution is -0.123. The van der Waals surface area contributed by atoms with Crippen molar-refractivity contribution in [2.24, 2.45) is 11.7 Å². The van der Waals surface area contributed by atoms with Crippen LogP contribution >= 0.6 is 0 Å². The lowest BCUT2D eigenvalue weighted by Crippen LogP contribution is -2.55. The summed E-state index contributed by atoms with van der Waals surface area (Å²) in [5, 5.41) is 6.41. The molecule has 4 nitrogen and oxygen atoms in total. The van der Waals surface area contributed by atoms with Crippen LogP contribution in [0.2, 0.25) is 0 Å². The highest BCUT2D eigenvalue weighted by Gasteiger charge is 2.24. The molecule has 1 fully saturated rings. The van der Waals surface area contributed by atoms with E-state index in [0.29, 0.717) is 12.0 Å². The van der Waals surface area contributed by atoms with Gasteiger partial charge < -0.3 is 16.4 Å². The van der Waals surface area contributed by atoms with E-state index < -0.39 is 0 Å². The van der Waals surface area contributed by atoms with E-state index in [1.54, 1.807) is 0 Å². The van der Waals surface area contributed by atoms with Gasteiger partial charge in [-0.25, -0.2) is 0 Å². The zero-order valence-electron chi connectivity index (χ0n) is 10.6. The maximum atomic E-state index is 11.8. The molecule has 0 saturated carbocycles. The number of nitrogens with two attached hydrogens (primary N) is 1. The molecule has 1 saturated heterocycles. The van der Waals surface area contributed by atoms with E-state index in [2.05, 4.69) is 31.4 Å². The van der Waals surface area contributed by atoms with Gasteiger partial charge in [0.1, 0.15) is 0 Å². The summed E-state index contributed by atoms with van der Waals surface area (Å²) < 4.78 is 0. The summed E-state index contributed by atoms with van der Waals surface area (Å²) in [5.41, 5.74) is 5.85. The SMILES string of the molecule is CC(C)C[C@H](N)C(=O)NC1CCCNC1C. The monoisotopic (exact) mass is 227 g/mol. The summed E-state index contributed by atoms with van der Waals surface area (Å²) in [5.74, 6) is 0.455. The van der Waals surface area contributed by atoms with Gasteiger partial charge in [-0.2, -0.15) is 0 Å². The average molecular weight is 227 g/mol. The number of carbonyl (C=O) groups excluding carboxylic acids is 1. The van der Waals surface area contributed by atoms with Crippen LogP contribution in [0.3, 0.4) is 0 Å². The number of piperidine rings is 1. The van der Waals surface area contributed by atoms with Crippen LogP contribution in [0.15, 0.2) is 0 Å². The molecule has 0 aliphatic carbocycles. The molecular formula is C12H25N3O. The maximum absolute atomic E-state index is 11.8. The Bertz CT molecular complexity index is 230. The highest BCUT2D eigenvalue weighted by molar-refractivity contribution is 5.81. The second-order valence-electron chi connectivity index (χ2n) is 5.24. The van der Waals surface area contributed by atoms with E-state index in [-0.39, 0.29) is 18.0 Å². The number of amides is 1. The van der Waals surface area contributed by atoms with Crippen molar-refractivity contribution >= 4 is 5.91 Å². The van der Waals surface area contributed by atoms with Gasteiger partial charge in [0.2, 0.25) is 5.91 Å². The Labute approximate surface area is 98.3 Å². The van der Waals surface area contributed by atoms with Crippen molar-refractivity contribution in [1.29, 1.82) is 0 Å². The third-order valence-electron chi connectivity index (χ3n) is 3.15. The van der Waals surface area contributed by atoms with Crippen molar-refractivity contribution < 1.29 is 4.79 Å². The Hall–Kier alpha value is -0.610. The van der Waals surface area contributed by atoms with Crippen LogP contribution < -0.4 is 16.4 Å². The average Bonchev–Trinajstić information content (AvgIpc) is 2.20. The van der Waals surface area contributed by atoms with E-state index in [1.807, 2.05) is 0 Å². The van der Waals surface area contributed by atoms with E-state index in [9.17, 15) is 4.79 Å². The van der Waals surface area contributed by atoms with E-state index >= 15 is 0 Å². The van der Waals surface area contributed by atoms with Crippen molar-refractivity contribution in [3.63, 3.8) is 0 Å². The van der Waals surface area contributed by atoms with Gasteiger partial charge in [-0.1, -0.05) is 13.8 Å². The van der Waals surface area contributed by atoms with E-state index in [1.165, 1.54) is 0 Å². The van der Waals surface area contributed by atoms with E-state index in [4.69, 9.17) is 5.73 Å². The van der Waals surface area contributed by atoms with Crippen LogP contribution in [0.5, 0.6) is 0 Å². The summed E-state index contributed by atoms with van der Waals surface area (Å²) in [6.07, 6.45) is 2.92. The summed E-state index contributed by atoms with van der Waals surface area (Å²) in [4.78, 5) is 11.8. The molecule has 0 radical (unpaired) electrons. The van der Waals surface area contributed by atoms with Gasteiger partial charge in [0.05, 0.1) is 6.04 Å². The first-order chi connectivity index (χ1) is 7.50. The molecule has 1 heterocycles. The maximum Gasteiger partial charge on any atom is 0.237 e. The lowest BCUT2D eigenvalue weighted by atomic mass is 9.98. The van der Waals surface area contributed by atoms with Gasteiger partial charge in [0, 0.05) is 12.1 Å². The minimum atomic E-state index is -0.367. The first kappa shape index (κ1) is 13.5. The third kappa shape index (κ3) is 4.10. The number of hydrogen-bond donors (Lipinski definition) is 3. The fourth-order valence-electron chi connectivity index (χ4n) is 2.15. The second kappa shape index (κ2) is 6.21. The molecule has 3 atom stereocenters. The van der Waals surface area contributed by atoms with Gasteiger partial charge in [-0.05, 0) is 38.6 Å². The Kier molecular flexibility index (Phi) is 5.22. The molecule has 0 aromatic carbocycles. The van der Waals surface area contributed by atoms with Crippen molar-refractivity contribution in [2.45, 2.75) is 58.2 Å². The fraction of sp³-hybridized carbons (Fsp3) is 0.917. The number of nitrogens with one attached hydrogen (secondary N) is 2. The molecule has 0 aromatic heterocycles. The zero-order chi connectivity index (χ0) is 12.1. The van der Waals surface area contributed by atoms with Crippen LogP contribution in [0.25, 0.3) is 0 Å². The third-order valence-corrected chi connectivity index (χ3v) is 3.15. The molecule has 0 bridgehead atoms. The van der Waals surface area contributed by atoms with Crippen LogP contribution in [0.1, 0.15) is 40.0 Å². The van der Waals surface area contributed by atoms with Gasteiger partial charge in [-0.3, -0.25) is 4.79 Å². The molecule has 4 heteroatoms. The van der Waals surface area contributed by atoms with E-state index in [0.717, 1.165) is 25.8 Å². The topological polar surface area (TPSA) is 67.2 Å². The summed E-state index contributed by atoms with van der Waals surface area (Å²) in [6, 6.07) is 0.220. The molecule has 2 unspecified atom stereocenters. The van der Waals surface area contributed by atoms with Gasteiger partial charge >= 0.3 is 0 Å². The molecule has 16 heavy (non-hydrogen) atoms. The predicted octanol–water partition coefficient (Wildman–Crippen LogP) is 0.617. The van der Waals surface area contributed by atoms with Crippen LogP contribution in [0.4, 0.5) is 0 Å². The Morgan fingerprint density at radius 1 is 1.56 bits per heavy atom. The highest BCUT2D eigenvalue weighted by atomic mass is 16.2. The molecule has 94 valence electrons. The molecule has 1 aliphatic rings. The summed E-state index contributed by atoms with van der Waals surface area (Å²) in [7, 11) is 0. The summed E-state index contributed by atoms with van der Waals surface area (Å²) in [6.45, 7) is 7.32. The fourth-order valence-corrected chi connectivity index (χ4v) is 2.15. The molecule has 1 aliphatic heterocycles.